The van der Waals surface area contributed by atoms with Gasteiger partial charge in [-0.3, -0.25) is 0 Å². The van der Waals surface area contributed by atoms with E-state index in [1.54, 1.807) is 0 Å². The summed E-state index contributed by atoms with van der Waals surface area (Å²) < 4.78 is 8.30. The van der Waals surface area contributed by atoms with Crippen molar-refractivity contribution in [2.24, 2.45) is 0 Å². The molecule has 1 atom stereocenters. The number of aromatic nitrogens is 2. The minimum atomic E-state index is 0.128. The second-order valence-corrected chi connectivity index (χ2v) is 6.92. The first-order chi connectivity index (χ1) is 11.6. The molecule has 0 aliphatic carbocycles. The normalized spacial score (nSPS) is 17.7. The number of fused-ring (bicyclic) bond motifs is 1. The Kier molecular flexibility index (Phi) is 3.89. The lowest BCUT2D eigenvalue weighted by Gasteiger charge is -2.17. The van der Waals surface area contributed by atoms with Crippen LogP contribution in [0, 0.1) is 20.8 Å². The van der Waals surface area contributed by atoms with Crippen molar-refractivity contribution >= 4 is 11.0 Å². The van der Waals surface area contributed by atoms with Gasteiger partial charge < -0.3 is 9.30 Å². The van der Waals surface area contributed by atoms with Crippen molar-refractivity contribution < 1.29 is 4.74 Å². The van der Waals surface area contributed by atoms with Gasteiger partial charge in [0, 0.05) is 13.2 Å². The van der Waals surface area contributed by atoms with Crippen molar-refractivity contribution in [3.8, 4) is 0 Å². The minimum absolute atomic E-state index is 0.128. The summed E-state index contributed by atoms with van der Waals surface area (Å²) in [6.07, 6.45) is 2.31. The Morgan fingerprint density at radius 3 is 2.58 bits per heavy atom. The number of hydrogen-bond acceptors (Lipinski definition) is 2. The maximum atomic E-state index is 5.94. The van der Waals surface area contributed by atoms with Crippen molar-refractivity contribution in [1.29, 1.82) is 0 Å². The van der Waals surface area contributed by atoms with E-state index < -0.39 is 0 Å². The van der Waals surface area contributed by atoms with E-state index in [0.29, 0.717) is 0 Å². The number of ether oxygens (including phenoxy) is 1. The summed E-state index contributed by atoms with van der Waals surface area (Å²) in [5.41, 5.74) is 7.67. The molecular formula is C21H24N2O. The maximum absolute atomic E-state index is 5.94. The number of para-hydroxylation sites is 2. The Morgan fingerprint density at radius 1 is 1.12 bits per heavy atom. The predicted molar refractivity (Wildman–Crippen MR) is 97.4 cm³/mol. The molecule has 1 aromatic heterocycles. The molecule has 4 rings (SSSR count). The van der Waals surface area contributed by atoms with E-state index in [2.05, 4.69) is 61.7 Å². The zero-order valence-electron chi connectivity index (χ0n) is 14.7. The molecule has 0 amide bonds. The van der Waals surface area contributed by atoms with E-state index >= 15 is 0 Å². The Bertz CT molecular complexity index is 865. The molecule has 0 spiro atoms. The molecule has 0 saturated carbocycles. The Balaban J connectivity index is 1.85. The molecule has 24 heavy (non-hydrogen) atoms. The molecule has 0 N–H and O–H groups in total. The van der Waals surface area contributed by atoms with Crippen molar-refractivity contribution in [2.45, 2.75) is 46.3 Å². The third-order valence-electron chi connectivity index (χ3n) is 5.06. The summed E-state index contributed by atoms with van der Waals surface area (Å²) in [4.78, 5) is 4.91. The average Bonchev–Trinajstić information content (AvgIpc) is 3.18. The third-order valence-corrected chi connectivity index (χ3v) is 5.06. The number of benzene rings is 2. The summed E-state index contributed by atoms with van der Waals surface area (Å²) in [5.74, 6) is 1.08. The lowest BCUT2D eigenvalue weighted by Crippen LogP contribution is -2.11. The highest BCUT2D eigenvalue weighted by atomic mass is 16.5. The molecule has 3 nitrogen and oxygen atoms in total. The Hall–Kier alpha value is -2.13. The van der Waals surface area contributed by atoms with Crippen molar-refractivity contribution in [2.75, 3.05) is 6.61 Å². The topological polar surface area (TPSA) is 27.1 Å². The largest absolute Gasteiger partial charge is 0.370 e. The molecule has 1 aliphatic rings. The average molecular weight is 320 g/mol. The van der Waals surface area contributed by atoms with Crippen LogP contribution in [0.3, 0.4) is 0 Å². The number of nitrogens with zero attached hydrogens (tertiary/aromatic N) is 2. The SMILES string of the molecule is Cc1cc(C)c(Cn2c(C3CCCO3)nc3ccccc32)c(C)c1. The van der Waals surface area contributed by atoms with Crippen LogP contribution in [-0.2, 0) is 11.3 Å². The van der Waals surface area contributed by atoms with Crippen LogP contribution >= 0.6 is 0 Å². The summed E-state index contributed by atoms with van der Waals surface area (Å²) >= 11 is 0. The first-order valence-electron chi connectivity index (χ1n) is 8.77. The van der Waals surface area contributed by atoms with Crippen LogP contribution in [0.5, 0.6) is 0 Å². The number of hydrogen-bond donors (Lipinski definition) is 0. The van der Waals surface area contributed by atoms with Gasteiger partial charge in [-0.15, -0.1) is 0 Å². The molecule has 3 heteroatoms. The highest BCUT2D eigenvalue weighted by molar-refractivity contribution is 5.76. The predicted octanol–water partition coefficient (Wildman–Crippen LogP) is 4.86. The lowest BCUT2D eigenvalue weighted by molar-refractivity contribution is 0.103. The highest BCUT2D eigenvalue weighted by Gasteiger charge is 2.25. The molecule has 1 saturated heterocycles. The van der Waals surface area contributed by atoms with E-state index in [9.17, 15) is 0 Å². The van der Waals surface area contributed by atoms with E-state index in [4.69, 9.17) is 9.72 Å². The van der Waals surface area contributed by atoms with E-state index in [0.717, 1.165) is 37.3 Å². The van der Waals surface area contributed by atoms with Gasteiger partial charge in [0.15, 0.2) is 0 Å². The molecule has 1 unspecified atom stereocenters. The smallest absolute Gasteiger partial charge is 0.139 e. The first kappa shape index (κ1) is 15.4. The van der Waals surface area contributed by atoms with Crippen molar-refractivity contribution in [3.63, 3.8) is 0 Å². The quantitative estimate of drug-likeness (QED) is 0.689. The molecule has 3 aromatic rings. The summed E-state index contributed by atoms with van der Waals surface area (Å²) in [6.45, 7) is 8.28. The van der Waals surface area contributed by atoms with Gasteiger partial charge in [0.1, 0.15) is 11.9 Å². The van der Waals surface area contributed by atoms with Crippen LogP contribution in [0.2, 0.25) is 0 Å². The summed E-state index contributed by atoms with van der Waals surface area (Å²) in [6, 6.07) is 13.0. The van der Waals surface area contributed by atoms with Crippen LogP contribution in [0.25, 0.3) is 11.0 Å². The molecule has 0 radical (unpaired) electrons. The molecule has 2 aromatic carbocycles. The lowest BCUT2D eigenvalue weighted by atomic mass is 9.99. The molecule has 1 aliphatic heterocycles. The zero-order chi connectivity index (χ0) is 16.7. The standard InChI is InChI=1S/C21H24N2O/c1-14-11-15(2)17(16(3)12-14)13-23-19-8-5-4-7-18(19)22-21(23)20-9-6-10-24-20/h4-5,7-8,11-12,20H,6,9-10,13H2,1-3H3. The fourth-order valence-electron chi connectivity index (χ4n) is 3.90. The highest BCUT2D eigenvalue weighted by Crippen LogP contribution is 2.31. The van der Waals surface area contributed by atoms with Crippen molar-refractivity contribution in [3.05, 3.63) is 64.5 Å². The Morgan fingerprint density at radius 2 is 1.88 bits per heavy atom. The Labute approximate surface area is 143 Å². The van der Waals surface area contributed by atoms with Crippen LogP contribution in [0.1, 0.15) is 47.0 Å². The number of imidazole rings is 1. The molecular weight excluding hydrogens is 296 g/mol. The van der Waals surface area contributed by atoms with Gasteiger partial charge in [-0.2, -0.15) is 0 Å². The van der Waals surface area contributed by atoms with Crippen LogP contribution in [0.15, 0.2) is 36.4 Å². The van der Waals surface area contributed by atoms with Gasteiger partial charge >= 0.3 is 0 Å². The fraction of sp³-hybridized carbons (Fsp3) is 0.381. The van der Waals surface area contributed by atoms with Gasteiger partial charge in [-0.05, 0) is 62.4 Å². The summed E-state index contributed by atoms with van der Waals surface area (Å²) in [7, 11) is 0. The van der Waals surface area contributed by atoms with Crippen LogP contribution in [-0.4, -0.2) is 16.2 Å². The first-order valence-corrected chi connectivity index (χ1v) is 8.77. The van der Waals surface area contributed by atoms with Gasteiger partial charge in [0.05, 0.1) is 11.0 Å². The fourth-order valence-corrected chi connectivity index (χ4v) is 3.90. The second-order valence-electron chi connectivity index (χ2n) is 6.92. The van der Waals surface area contributed by atoms with Crippen molar-refractivity contribution in [1.82, 2.24) is 9.55 Å². The monoisotopic (exact) mass is 320 g/mol. The maximum Gasteiger partial charge on any atom is 0.139 e. The van der Waals surface area contributed by atoms with Crippen LogP contribution < -0.4 is 0 Å². The van der Waals surface area contributed by atoms with Gasteiger partial charge in [0.25, 0.3) is 0 Å². The van der Waals surface area contributed by atoms with E-state index in [-0.39, 0.29) is 6.10 Å². The molecule has 1 fully saturated rings. The molecule has 2 heterocycles. The van der Waals surface area contributed by atoms with Gasteiger partial charge in [-0.25, -0.2) is 4.98 Å². The van der Waals surface area contributed by atoms with Gasteiger partial charge in [0.2, 0.25) is 0 Å². The third kappa shape index (κ3) is 2.63. The summed E-state index contributed by atoms with van der Waals surface area (Å²) in [5, 5.41) is 0. The minimum Gasteiger partial charge on any atom is -0.370 e. The van der Waals surface area contributed by atoms with Gasteiger partial charge in [-0.1, -0.05) is 29.8 Å². The second kappa shape index (κ2) is 6.06. The molecule has 124 valence electrons. The van der Waals surface area contributed by atoms with E-state index in [1.165, 1.54) is 27.8 Å². The molecule has 0 bridgehead atoms. The van der Waals surface area contributed by atoms with E-state index in [1.807, 2.05) is 0 Å². The number of aryl methyl sites for hydroxylation is 3. The zero-order valence-corrected chi connectivity index (χ0v) is 14.7. The number of rotatable bonds is 3. The van der Waals surface area contributed by atoms with Crippen LogP contribution in [0.4, 0.5) is 0 Å².